The molecule has 140 valence electrons. The first-order valence-electron chi connectivity index (χ1n) is 8.60. The minimum absolute atomic E-state index is 0.233. The summed E-state index contributed by atoms with van der Waals surface area (Å²) in [6, 6.07) is 6.53. The Balaban J connectivity index is 2.03. The number of imide groups is 1. The zero-order valence-electron chi connectivity index (χ0n) is 14.6. The molecule has 0 radical (unpaired) electrons. The van der Waals surface area contributed by atoms with Crippen molar-refractivity contribution in [3.05, 3.63) is 47.5 Å². The third-order valence-corrected chi connectivity index (χ3v) is 4.70. The summed E-state index contributed by atoms with van der Waals surface area (Å²) < 4.78 is 5.25. The number of benzene rings is 1. The lowest BCUT2D eigenvalue weighted by atomic mass is 9.69. The lowest BCUT2D eigenvalue weighted by Crippen LogP contribution is -2.44. The Kier molecular flexibility index (Phi) is 7.21. The van der Waals surface area contributed by atoms with Crippen molar-refractivity contribution in [1.29, 1.82) is 0 Å². The maximum Gasteiger partial charge on any atom is 0.321 e. The highest BCUT2D eigenvalue weighted by atomic mass is 35.5. The van der Waals surface area contributed by atoms with E-state index in [1.54, 1.807) is 18.2 Å². The van der Waals surface area contributed by atoms with E-state index in [1.807, 2.05) is 6.07 Å². The zero-order valence-corrected chi connectivity index (χ0v) is 15.3. The van der Waals surface area contributed by atoms with E-state index in [0.717, 1.165) is 24.8 Å². The molecule has 0 heterocycles. The molecule has 1 aromatic carbocycles. The van der Waals surface area contributed by atoms with Crippen LogP contribution in [0.2, 0.25) is 5.02 Å². The Morgan fingerprint density at radius 3 is 2.62 bits per heavy atom. The summed E-state index contributed by atoms with van der Waals surface area (Å²) in [5.41, 5.74) is 0.00738. The first kappa shape index (κ1) is 20.0. The summed E-state index contributed by atoms with van der Waals surface area (Å²) in [5, 5.41) is 5.06. The molecule has 3 amide bonds. The molecule has 0 aromatic heterocycles. The van der Waals surface area contributed by atoms with Crippen LogP contribution < -0.4 is 10.6 Å². The Labute approximate surface area is 157 Å². The van der Waals surface area contributed by atoms with Gasteiger partial charge in [-0.3, -0.25) is 14.9 Å². The molecule has 1 aliphatic rings. The number of ether oxygens (including phenoxy) is 1. The van der Waals surface area contributed by atoms with Crippen LogP contribution in [0.4, 0.5) is 4.79 Å². The summed E-state index contributed by atoms with van der Waals surface area (Å²) in [7, 11) is 0. The number of nitrogens with one attached hydrogen (secondary N) is 2. The maximum absolute atomic E-state index is 12.8. The summed E-state index contributed by atoms with van der Waals surface area (Å²) in [4.78, 5) is 36.1. The lowest BCUT2D eigenvalue weighted by molar-refractivity contribution is -0.155. The molecule has 1 saturated carbocycles. The van der Waals surface area contributed by atoms with Crippen molar-refractivity contribution >= 4 is 29.5 Å². The van der Waals surface area contributed by atoms with Crippen molar-refractivity contribution in [1.82, 2.24) is 10.6 Å². The van der Waals surface area contributed by atoms with Crippen molar-refractivity contribution in [3.63, 3.8) is 0 Å². The third-order valence-electron chi connectivity index (χ3n) is 4.47. The fourth-order valence-corrected chi connectivity index (χ4v) is 3.38. The fraction of sp³-hybridized carbons (Fsp3) is 0.421. The molecule has 0 atom stereocenters. The standard InChI is InChI=1S/C19H23ClN2O4/c1-2-11-21-18(25)22-16(23)13-26-17(24)19(9-4-3-5-10-19)14-7-6-8-15(20)12-14/h2,6-8,12H,1,3-5,9-11,13H2,(H2,21,22,23,25). The number of amides is 3. The fourth-order valence-electron chi connectivity index (χ4n) is 3.19. The highest BCUT2D eigenvalue weighted by Crippen LogP contribution is 2.41. The van der Waals surface area contributed by atoms with Crippen molar-refractivity contribution in [3.8, 4) is 0 Å². The largest absolute Gasteiger partial charge is 0.455 e. The lowest BCUT2D eigenvalue weighted by Gasteiger charge is -2.35. The van der Waals surface area contributed by atoms with Gasteiger partial charge in [0.05, 0.1) is 5.41 Å². The highest BCUT2D eigenvalue weighted by molar-refractivity contribution is 6.30. The average molecular weight is 379 g/mol. The maximum atomic E-state index is 12.8. The molecule has 2 N–H and O–H groups in total. The van der Waals surface area contributed by atoms with Gasteiger partial charge in [-0.25, -0.2) is 4.79 Å². The number of carbonyl (C=O) groups excluding carboxylic acids is 3. The zero-order chi connectivity index (χ0) is 19.0. The second-order valence-corrected chi connectivity index (χ2v) is 6.71. The van der Waals surface area contributed by atoms with Crippen LogP contribution in [0.1, 0.15) is 37.7 Å². The molecule has 7 heteroatoms. The van der Waals surface area contributed by atoms with Crippen molar-refractivity contribution in [2.24, 2.45) is 0 Å². The second kappa shape index (κ2) is 9.38. The van der Waals surface area contributed by atoms with Crippen LogP contribution in [0.25, 0.3) is 0 Å². The highest BCUT2D eigenvalue weighted by Gasteiger charge is 2.43. The van der Waals surface area contributed by atoms with Gasteiger partial charge in [0.15, 0.2) is 6.61 Å². The van der Waals surface area contributed by atoms with Gasteiger partial charge in [0.1, 0.15) is 0 Å². The molecule has 0 unspecified atom stereocenters. The van der Waals surface area contributed by atoms with Crippen LogP contribution in [-0.4, -0.2) is 31.1 Å². The number of hydrogen-bond donors (Lipinski definition) is 2. The summed E-state index contributed by atoms with van der Waals surface area (Å²) in [6.45, 7) is 3.18. The predicted molar refractivity (Wildman–Crippen MR) is 98.9 cm³/mol. The van der Waals surface area contributed by atoms with Gasteiger partial charge in [0, 0.05) is 11.6 Å². The summed E-state index contributed by atoms with van der Waals surface area (Å²) in [5.74, 6) is -1.14. The molecule has 1 aromatic rings. The molecule has 0 bridgehead atoms. The smallest absolute Gasteiger partial charge is 0.321 e. The van der Waals surface area contributed by atoms with Crippen LogP contribution in [0.15, 0.2) is 36.9 Å². The predicted octanol–water partition coefficient (Wildman–Crippen LogP) is 3.10. The van der Waals surface area contributed by atoms with Gasteiger partial charge < -0.3 is 10.1 Å². The normalized spacial score (nSPS) is 15.6. The first-order valence-corrected chi connectivity index (χ1v) is 8.97. The number of carbonyl (C=O) groups is 3. The number of halogens is 1. The monoisotopic (exact) mass is 378 g/mol. The Morgan fingerprint density at radius 2 is 1.96 bits per heavy atom. The van der Waals surface area contributed by atoms with E-state index in [2.05, 4.69) is 17.2 Å². The average Bonchev–Trinajstić information content (AvgIpc) is 2.65. The van der Waals surface area contributed by atoms with Crippen molar-refractivity contribution < 1.29 is 19.1 Å². The van der Waals surface area contributed by atoms with Gasteiger partial charge >= 0.3 is 12.0 Å². The van der Waals surface area contributed by atoms with E-state index >= 15 is 0 Å². The van der Waals surface area contributed by atoms with E-state index < -0.39 is 29.9 Å². The Bertz CT molecular complexity index is 684. The topological polar surface area (TPSA) is 84.5 Å². The summed E-state index contributed by atoms with van der Waals surface area (Å²) in [6.07, 6.45) is 5.64. The van der Waals surface area contributed by atoms with Crippen LogP contribution in [0, 0.1) is 0 Å². The molecule has 6 nitrogen and oxygen atoms in total. The number of hydrogen-bond acceptors (Lipinski definition) is 4. The van der Waals surface area contributed by atoms with Gasteiger partial charge in [-0.15, -0.1) is 6.58 Å². The first-order chi connectivity index (χ1) is 12.5. The van der Waals surface area contributed by atoms with Crippen LogP contribution >= 0.6 is 11.6 Å². The van der Waals surface area contributed by atoms with Crippen LogP contribution in [0.5, 0.6) is 0 Å². The molecule has 0 spiro atoms. The van der Waals surface area contributed by atoms with Crippen molar-refractivity contribution in [2.75, 3.05) is 13.2 Å². The molecule has 2 rings (SSSR count). The van der Waals surface area contributed by atoms with Gasteiger partial charge in [-0.1, -0.05) is 49.1 Å². The van der Waals surface area contributed by atoms with E-state index in [1.165, 1.54) is 6.08 Å². The van der Waals surface area contributed by atoms with Gasteiger partial charge in [-0.2, -0.15) is 0 Å². The number of esters is 1. The van der Waals surface area contributed by atoms with E-state index in [0.29, 0.717) is 17.9 Å². The number of rotatable bonds is 6. The molecule has 0 saturated heterocycles. The van der Waals surface area contributed by atoms with E-state index in [4.69, 9.17) is 16.3 Å². The molecule has 0 aliphatic heterocycles. The van der Waals surface area contributed by atoms with E-state index in [-0.39, 0.29) is 6.54 Å². The molecule has 1 aliphatic carbocycles. The summed E-state index contributed by atoms with van der Waals surface area (Å²) >= 11 is 6.09. The molecular formula is C19H23ClN2O4. The minimum Gasteiger partial charge on any atom is -0.455 e. The molecule has 26 heavy (non-hydrogen) atoms. The van der Waals surface area contributed by atoms with Gasteiger partial charge in [0.25, 0.3) is 5.91 Å². The third kappa shape index (κ3) is 5.08. The van der Waals surface area contributed by atoms with Crippen molar-refractivity contribution in [2.45, 2.75) is 37.5 Å². The Morgan fingerprint density at radius 1 is 1.23 bits per heavy atom. The Hall–Kier alpha value is -2.34. The molecular weight excluding hydrogens is 356 g/mol. The number of urea groups is 1. The SMILES string of the molecule is C=CCNC(=O)NC(=O)COC(=O)C1(c2cccc(Cl)c2)CCCCC1. The van der Waals surface area contributed by atoms with Crippen LogP contribution in [0.3, 0.4) is 0 Å². The van der Waals surface area contributed by atoms with Gasteiger partial charge in [-0.05, 0) is 30.5 Å². The quantitative estimate of drug-likeness (QED) is 0.588. The van der Waals surface area contributed by atoms with E-state index in [9.17, 15) is 14.4 Å². The van der Waals surface area contributed by atoms with Crippen LogP contribution in [-0.2, 0) is 19.7 Å². The minimum atomic E-state index is -0.797. The second-order valence-electron chi connectivity index (χ2n) is 6.28. The molecule has 1 fully saturated rings. The van der Waals surface area contributed by atoms with Gasteiger partial charge in [0.2, 0.25) is 0 Å².